The predicted molar refractivity (Wildman–Crippen MR) is 98.0 cm³/mol. The van der Waals surface area contributed by atoms with Crippen LogP contribution in [-0.4, -0.2) is 72.0 Å². The monoisotopic (exact) mass is 347 g/mol. The quantitative estimate of drug-likeness (QED) is 0.818. The summed E-state index contributed by atoms with van der Waals surface area (Å²) in [6, 6.07) is 7.94. The van der Waals surface area contributed by atoms with Crippen molar-refractivity contribution in [3.8, 4) is 0 Å². The highest BCUT2D eigenvalue weighted by atomic mass is 19.1. The fraction of sp³-hybridized carbons (Fsp3) is 0.650. The molecule has 0 spiro atoms. The van der Waals surface area contributed by atoms with Crippen LogP contribution in [0.15, 0.2) is 24.3 Å². The summed E-state index contributed by atoms with van der Waals surface area (Å²) in [6.45, 7) is 10.2. The van der Waals surface area contributed by atoms with Gasteiger partial charge in [-0.25, -0.2) is 4.39 Å². The Hall–Kier alpha value is -1.46. The van der Waals surface area contributed by atoms with Crippen LogP contribution in [0.25, 0.3) is 0 Å². The summed E-state index contributed by atoms with van der Waals surface area (Å²) in [5, 5.41) is 0. The Kier molecular flexibility index (Phi) is 6.07. The highest BCUT2D eigenvalue weighted by molar-refractivity contribution is 5.79. The number of carbonyl (C=O) groups is 1. The Morgan fingerprint density at radius 3 is 2.32 bits per heavy atom. The lowest BCUT2D eigenvalue weighted by atomic mass is 10.1. The van der Waals surface area contributed by atoms with Gasteiger partial charge in [-0.1, -0.05) is 18.2 Å². The fourth-order valence-electron chi connectivity index (χ4n) is 4.08. The van der Waals surface area contributed by atoms with Gasteiger partial charge in [-0.15, -0.1) is 0 Å². The minimum absolute atomic E-state index is 0.0338. The molecular formula is C20H30FN3O. The number of likely N-dealkylation sites (tertiary alicyclic amines) is 1. The number of piperazine rings is 1. The molecule has 0 N–H and O–H groups in total. The average Bonchev–Trinajstić information content (AvgIpc) is 2.93. The van der Waals surface area contributed by atoms with E-state index >= 15 is 0 Å². The smallest absolute Gasteiger partial charge is 0.227 e. The summed E-state index contributed by atoms with van der Waals surface area (Å²) in [4.78, 5) is 19.3. The molecule has 1 amide bonds. The molecule has 138 valence electrons. The van der Waals surface area contributed by atoms with Crippen LogP contribution in [0.1, 0.15) is 32.3 Å². The van der Waals surface area contributed by atoms with E-state index in [0.29, 0.717) is 17.6 Å². The summed E-state index contributed by atoms with van der Waals surface area (Å²) in [5.74, 6) is -0.255. The molecule has 2 atom stereocenters. The maximum atomic E-state index is 13.7. The van der Waals surface area contributed by atoms with Gasteiger partial charge < -0.3 is 4.90 Å². The number of nitrogens with zero attached hydrogens (tertiary/aromatic N) is 3. The molecule has 25 heavy (non-hydrogen) atoms. The molecule has 0 saturated carbocycles. The third kappa shape index (κ3) is 4.59. The van der Waals surface area contributed by atoms with Crippen molar-refractivity contribution in [3.05, 3.63) is 35.6 Å². The van der Waals surface area contributed by atoms with Crippen molar-refractivity contribution >= 4 is 5.91 Å². The zero-order valence-corrected chi connectivity index (χ0v) is 15.5. The number of benzene rings is 1. The van der Waals surface area contributed by atoms with Gasteiger partial charge in [0.05, 0.1) is 6.42 Å². The molecule has 2 unspecified atom stereocenters. The van der Waals surface area contributed by atoms with Crippen molar-refractivity contribution in [1.29, 1.82) is 0 Å². The number of hydrogen-bond donors (Lipinski definition) is 0. The first-order chi connectivity index (χ1) is 12.0. The lowest BCUT2D eigenvalue weighted by Crippen LogP contribution is -2.51. The molecule has 2 fully saturated rings. The van der Waals surface area contributed by atoms with E-state index in [0.717, 1.165) is 39.3 Å². The van der Waals surface area contributed by atoms with E-state index < -0.39 is 0 Å². The van der Waals surface area contributed by atoms with Gasteiger partial charge >= 0.3 is 0 Å². The van der Waals surface area contributed by atoms with Crippen LogP contribution in [0.5, 0.6) is 0 Å². The molecule has 2 aliphatic rings. The molecule has 0 bridgehead atoms. The van der Waals surface area contributed by atoms with Crippen molar-refractivity contribution in [2.75, 3.05) is 39.3 Å². The third-order valence-electron chi connectivity index (χ3n) is 5.83. The highest BCUT2D eigenvalue weighted by Crippen LogP contribution is 2.22. The lowest BCUT2D eigenvalue weighted by Gasteiger charge is -2.36. The van der Waals surface area contributed by atoms with Crippen molar-refractivity contribution in [1.82, 2.24) is 14.7 Å². The van der Waals surface area contributed by atoms with Crippen molar-refractivity contribution in [2.24, 2.45) is 0 Å². The van der Waals surface area contributed by atoms with Crippen molar-refractivity contribution < 1.29 is 9.18 Å². The number of amides is 1. The molecule has 2 heterocycles. The molecule has 2 aliphatic heterocycles. The maximum Gasteiger partial charge on any atom is 0.227 e. The summed E-state index contributed by atoms with van der Waals surface area (Å²) < 4.78 is 13.7. The van der Waals surface area contributed by atoms with Crippen LogP contribution in [-0.2, 0) is 11.2 Å². The molecule has 1 aromatic carbocycles. The molecule has 0 radical (unpaired) electrons. The molecule has 3 rings (SSSR count). The molecule has 5 heteroatoms. The zero-order chi connectivity index (χ0) is 17.8. The van der Waals surface area contributed by atoms with Gasteiger partial charge in [0.1, 0.15) is 5.82 Å². The second kappa shape index (κ2) is 8.28. The summed E-state index contributed by atoms with van der Waals surface area (Å²) in [5.41, 5.74) is 0.493. The van der Waals surface area contributed by atoms with Gasteiger partial charge in [0.15, 0.2) is 0 Å². The topological polar surface area (TPSA) is 26.8 Å². The van der Waals surface area contributed by atoms with E-state index in [-0.39, 0.29) is 18.1 Å². The van der Waals surface area contributed by atoms with Gasteiger partial charge in [0, 0.05) is 51.4 Å². The Bertz CT molecular complexity index is 576. The summed E-state index contributed by atoms with van der Waals surface area (Å²) >= 11 is 0. The minimum atomic E-state index is -0.289. The predicted octanol–water partition coefficient (Wildman–Crippen LogP) is 2.39. The standard InChI is InChI=1S/C20H30FN3O/c1-16-7-8-17(2)24(16)14-11-22-9-12-23(13-10-22)20(25)15-18-5-3-4-6-19(18)21/h3-6,16-17H,7-15H2,1-2H3. The Labute approximate surface area is 150 Å². The Balaban J connectivity index is 1.42. The van der Waals surface area contributed by atoms with Crippen molar-refractivity contribution in [3.63, 3.8) is 0 Å². The fourth-order valence-corrected chi connectivity index (χ4v) is 4.08. The van der Waals surface area contributed by atoms with Crippen LogP contribution >= 0.6 is 0 Å². The number of hydrogen-bond acceptors (Lipinski definition) is 3. The van der Waals surface area contributed by atoms with Crippen LogP contribution < -0.4 is 0 Å². The SMILES string of the molecule is CC1CCC(C)N1CCN1CCN(C(=O)Cc2ccccc2F)CC1. The van der Waals surface area contributed by atoms with Crippen LogP contribution in [0.3, 0.4) is 0 Å². The van der Waals surface area contributed by atoms with Crippen LogP contribution in [0.2, 0.25) is 0 Å². The van der Waals surface area contributed by atoms with Gasteiger partial charge in [0.2, 0.25) is 5.91 Å². The zero-order valence-electron chi connectivity index (χ0n) is 15.5. The van der Waals surface area contributed by atoms with Crippen LogP contribution in [0, 0.1) is 5.82 Å². The van der Waals surface area contributed by atoms with Gasteiger partial charge in [-0.2, -0.15) is 0 Å². The van der Waals surface area contributed by atoms with E-state index in [1.807, 2.05) is 4.90 Å². The first-order valence-electron chi connectivity index (χ1n) is 9.54. The third-order valence-corrected chi connectivity index (χ3v) is 5.83. The average molecular weight is 347 g/mol. The summed E-state index contributed by atoms with van der Waals surface area (Å²) in [6.07, 6.45) is 2.77. The molecule has 0 aromatic heterocycles. The molecule has 1 aromatic rings. The van der Waals surface area contributed by atoms with E-state index in [9.17, 15) is 9.18 Å². The first kappa shape index (κ1) is 18.3. The Morgan fingerprint density at radius 2 is 1.68 bits per heavy atom. The van der Waals surface area contributed by atoms with E-state index in [1.54, 1.807) is 18.2 Å². The van der Waals surface area contributed by atoms with E-state index in [1.165, 1.54) is 18.9 Å². The highest BCUT2D eigenvalue weighted by Gasteiger charge is 2.28. The van der Waals surface area contributed by atoms with Crippen molar-refractivity contribution in [2.45, 2.75) is 45.2 Å². The normalized spacial score (nSPS) is 25.5. The first-order valence-corrected chi connectivity index (χ1v) is 9.54. The van der Waals surface area contributed by atoms with Crippen LogP contribution in [0.4, 0.5) is 4.39 Å². The summed E-state index contributed by atoms with van der Waals surface area (Å²) in [7, 11) is 0. The van der Waals surface area contributed by atoms with E-state index in [2.05, 4.69) is 23.6 Å². The number of halogens is 1. The lowest BCUT2D eigenvalue weighted by molar-refractivity contribution is -0.132. The van der Waals surface area contributed by atoms with E-state index in [4.69, 9.17) is 0 Å². The molecule has 4 nitrogen and oxygen atoms in total. The number of carbonyl (C=O) groups excluding carboxylic acids is 1. The maximum absolute atomic E-state index is 13.7. The minimum Gasteiger partial charge on any atom is -0.340 e. The van der Waals surface area contributed by atoms with Gasteiger partial charge in [-0.05, 0) is 38.3 Å². The van der Waals surface area contributed by atoms with Gasteiger partial charge in [-0.3, -0.25) is 14.6 Å². The second-order valence-corrected chi connectivity index (χ2v) is 7.50. The molecule has 0 aliphatic carbocycles. The molecular weight excluding hydrogens is 317 g/mol. The largest absolute Gasteiger partial charge is 0.340 e. The second-order valence-electron chi connectivity index (χ2n) is 7.50. The Morgan fingerprint density at radius 1 is 1.04 bits per heavy atom. The number of rotatable bonds is 5. The molecule has 2 saturated heterocycles. The van der Waals surface area contributed by atoms with Gasteiger partial charge in [0.25, 0.3) is 0 Å².